The molecule has 1 amide bonds. The van der Waals surface area contributed by atoms with Crippen molar-refractivity contribution in [1.29, 1.82) is 0 Å². The van der Waals surface area contributed by atoms with Gasteiger partial charge in [0.15, 0.2) is 0 Å². The largest absolute Gasteiger partial charge is 0.352 e. The number of aryl methyl sites for hydroxylation is 2. The Morgan fingerprint density at radius 1 is 1.46 bits per heavy atom. The standard InChI is InChI=1S/C19H25N3OS/c1-14-13-24-18(22-14)8-4-10-21-19(23)16-6-2-5-15(11-16)17-7-3-9-20-12-17/h2,5-6,11,13,17,20H,3-4,7-10,12H2,1H3,(H,21,23). The molecule has 128 valence electrons. The lowest BCUT2D eigenvalue weighted by molar-refractivity contribution is 0.0953. The number of benzene rings is 1. The van der Waals surface area contributed by atoms with Gasteiger partial charge in [-0.15, -0.1) is 11.3 Å². The van der Waals surface area contributed by atoms with E-state index in [2.05, 4.69) is 33.1 Å². The van der Waals surface area contributed by atoms with Crippen LogP contribution in [-0.2, 0) is 6.42 Å². The molecule has 1 aliphatic heterocycles. The molecule has 0 spiro atoms. The minimum Gasteiger partial charge on any atom is -0.352 e. The molecule has 2 heterocycles. The zero-order valence-corrected chi connectivity index (χ0v) is 15.0. The van der Waals surface area contributed by atoms with Gasteiger partial charge < -0.3 is 10.6 Å². The van der Waals surface area contributed by atoms with Gasteiger partial charge in [-0.2, -0.15) is 0 Å². The average molecular weight is 343 g/mol. The van der Waals surface area contributed by atoms with Gasteiger partial charge in [-0.25, -0.2) is 4.98 Å². The summed E-state index contributed by atoms with van der Waals surface area (Å²) in [5, 5.41) is 9.68. The molecule has 1 aromatic carbocycles. The lowest BCUT2D eigenvalue weighted by Gasteiger charge is -2.23. The van der Waals surface area contributed by atoms with Crippen molar-refractivity contribution in [2.45, 2.75) is 38.5 Å². The highest BCUT2D eigenvalue weighted by Crippen LogP contribution is 2.23. The Balaban J connectivity index is 1.49. The molecule has 1 atom stereocenters. The number of aromatic nitrogens is 1. The molecule has 5 heteroatoms. The first-order valence-corrected chi connectivity index (χ1v) is 9.60. The summed E-state index contributed by atoms with van der Waals surface area (Å²) in [6.07, 6.45) is 4.25. The molecule has 1 fully saturated rings. The second kappa shape index (κ2) is 8.40. The van der Waals surface area contributed by atoms with E-state index in [4.69, 9.17) is 0 Å². The second-order valence-electron chi connectivity index (χ2n) is 6.41. The smallest absolute Gasteiger partial charge is 0.251 e. The van der Waals surface area contributed by atoms with E-state index in [0.29, 0.717) is 12.5 Å². The van der Waals surface area contributed by atoms with Crippen molar-refractivity contribution in [3.8, 4) is 0 Å². The molecule has 0 aliphatic carbocycles. The van der Waals surface area contributed by atoms with Crippen LogP contribution in [0, 0.1) is 6.92 Å². The number of rotatable bonds is 6. The van der Waals surface area contributed by atoms with E-state index >= 15 is 0 Å². The van der Waals surface area contributed by atoms with Crippen LogP contribution in [0.4, 0.5) is 0 Å². The molecule has 3 rings (SSSR count). The first kappa shape index (κ1) is 17.1. The van der Waals surface area contributed by atoms with Crippen LogP contribution in [0.1, 0.15) is 51.8 Å². The highest BCUT2D eigenvalue weighted by atomic mass is 32.1. The Morgan fingerprint density at radius 3 is 3.12 bits per heavy atom. The number of nitrogens with zero attached hydrogens (tertiary/aromatic N) is 1. The summed E-state index contributed by atoms with van der Waals surface area (Å²) in [6.45, 7) is 4.82. The van der Waals surface area contributed by atoms with Crippen molar-refractivity contribution in [1.82, 2.24) is 15.6 Å². The third kappa shape index (κ3) is 4.65. The van der Waals surface area contributed by atoms with Crippen LogP contribution < -0.4 is 10.6 Å². The van der Waals surface area contributed by atoms with E-state index in [0.717, 1.165) is 42.2 Å². The lowest BCUT2D eigenvalue weighted by atomic mass is 9.90. The maximum Gasteiger partial charge on any atom is 0.251 e. The van der Waals surface area contributed by atoms with Crippen LogP contribution in [0.2, 0.25) is 0 Å². The minimum atomic E-state index is 0.0240. The predicted molar refractivity (Wildman–Crippen MR) is 98.8 cm³/mol. The molecule has 24 heavy (non-hydrogen) atoms. The van der Waals surface area contributed by atoms with E-state index in [1.807, 2.05) is 19.1 Å². The van der Waals surface area contributed by atoms with Crippen molar-refractivity contribution in [3.63, 3.8) is 0 Å². The molecule has 1 saturated heterocycles. The number of nitrogens with one attached hydrogen (secondary N) is 2. The van der Waals surface area contributed by atoms with Gasteiger partial charge >= 0.3 is 0 Å². The minimum absolute atomic E-state index is 0.0240. The van der Waals surface area contributed by atoms with E-state index in [9.17, 15) is 4.79 Å². The quantitative estimate of drug-likeness (QED) is 0.792. The van der Waals surface area contributed by atoms with E-state index in [-0.39, 0.29) is 5.91 Å². The summed E-state index contributed by atoms with van der Waals surface area (Å²) in [5.41, 5.74) is 3.12. The molecule has 0 radical (unpaired) electrons. The van der Waals surface area contributed by atoms with Gasteiger partial charge in [0.2, 0.25) is 0 Å². The molecule has 1 aromatic heterocycles. The van der Waals surface area contributed by atoms with Crippen molar-refractivity contribution >= 4 is 17.2 Å². The molecule has 4 nitrogen and oxygen atoms in total. The van der Waals surface area contributed by atoms with Gasteiger partial charge in [-0.05, 0) is 56.3 Å². The van der Waals surface area contributed by atoms with Crippen molar-refractivity contribution in [2.24, 2.45) is 0 Å². The monoisotopic (exact) mass is 343 g/mol. The molecule has 1 unspecified atom stereocenters. The molecule has 1 aliphatic rings. The second-order valence-corrected chi connectivity index (χ2v) is 7.35. The van der Waals surface area contributed by atoms with Crippen molar-refractivity contribution in [2.75, 3.05) is 19.6 Å². The number of carbonyl (C=O) groups excluding carboxylic acids is 1. The Hall–Kier alpha value is -1.72. The Morgan fingerprint density at radius 2 is 2.38 bits per heavy atom. The maximum absolute atomic E-state index is 12.4. The number of hydrogen-bond donors (Lipinski definition) is 2. The van der Waals surface area contributed by atoms with Gasteiger partial charge in [-0.3, -0.25) is 4.79 Å². The van der Waals surface area contributed by atoms with Crippen LogP contribution >= 0.6 is 11.3 Å². The van der Waals surface area contributed by atoms with Crippen molar-refractivity contribution in [3.05, 3.63) is 51.5 Å². The number of amides is 1. The number of piperidine rings is 1. The number of thiazole rings is 1. The predicted octanol–water partition coefficient (Wildman–Crippen LogP) is 3.28. The van der Waals surface area contributed by atoms with Crippen LogP contribution in [0.5, 0.6) is 0 Å². The SMILES string of the molecule is Cc1csc(CCCNC(=O)c2cccc(C3CCCNC3)c2)n1. The third-order valence-electron chi connectivity index (χ3n) is 4.44. The van der Waals surface area contributed by atoms with Crippen molar-refractivity contribution < 1.29 is 4.79 Å². The summed E-state index contributed by atoms with van der Waals surface area (Å²) >= 11 is 1.69. The zero-order chi connectivity index (χ0) is 16.8. The highest BCUT2D eigenvalue weighted by molar-refractivity contribution is 7.09. The first-order valence-electron chi connectivity index (χ1n) is 8.72. The Kier molecular flexibility index (Phi) is 5.99. The average Bonchev–Trinajstić information content (AvgIpc) is 3.05. The van der Waals surface area contributed by atoms with Gasteiger partial charge in [0, 0.05) is 36.1 Å². The summed E-state index contributed by atoms with van der Waals surface area (Å²) in [7, 11) is 0. The summed E-state index contributed by atoms with van der Waals surface area (Å²) in [6, 6.07) is 8.09. The Labute approximate surface area is 147 Å². The van der Waals surface area contributed by atoms with Gasteiger partial charge in [0.1, 0.15) is 0 Å². The summed E-state index contributed by atoms with van der Waals surface area (Å²) in [4.78, 5) is 16.8. The van der Waals surface area contributed by atoms with Crippen LogP contribution in [0.25, 0.3) is 0 Å². The normalized spacial score (nSPS) is 17.6. The van der Waals surface area contributed by atoms with Crippen LogP contribution in [0.15, 0.2) is 29.6 Å². The highest BCUT2D eigenvalue weighted by Gasteiger charge is 2.16. The van der Waals surface area contributed by atoms with Gasteiger partial charge in [0.25, 0.3) is 5.91 Å². The number of carbonyl (C=O) groups is 1. The molecular weight excluding hydrogens is 318 g/mol. The zero-order valence-electron chi connectivity index (χ0n) is 14.2. The van der Waals surface area contributed by atoms with Gasteiger partial charge in [-0.1, -0.05) is 12.1 Å². The third-order valence-corrected chi connectivity index (χ3v) is 5.46. The molecule has 2 N–H and O–H groups in total. The van der Waals surface area contributed by atoms with E-state index in [1.54, 1.807) is 11.3 Å². The molecule has 0 bridgehead atoms. The fourth-order valence-electron chi connectivity index (χ4n) is 3.13. The van der Waals surface area contributed by atoms with Gasteiger partial charge in [0.05, 0.1) is 5.01 Å². The maximum atomic E-state index is 12.4. The van der Waals surface area contributed by atoms with E-state index < -0.39 is 0 Å². The fraction of sp³-hybridized carbons (Fsp3) is 0.474. The summed E-state index contributed by atoms with van der Waals surface area (Å²) in [5.74, 6) is 0.551. The topological polar surface area (TPSA) is 54.0 Å². The Bertz CT molecular complexity index is 677. The number of hydrogen-bond acceptors (Lipinski definition) is 4. The first-order chi connectivity index (χ1) is 11.7. The molecule has 2 aromatic rings. The lowest BCUT2D eigenvalue weighted by Crippen LogP contribution is -2.29. The fourth-order valence-corrected chi connectivity index (χ4v) is 3.95. The molecular formula is C19H25N3OS. The van der Waals surface area contributed by atoms with E-state index in [1.165, 1.54) is 18.4 Å². The van der Waals surface area contributed by atoms with Crippen LogP contribution in [-0.4, -0.2) is 30.5 Å². The molecule has 0 saturated carbocycles. The van der Waals surface area contributed by atoms with Crippen LogP contribution in [0.3, 0.4) is 0 Å². The summed E-state index contributed by atoms with van der Waals surface area (Å²) < 4.78 is 0.